The van der Waals surface area contributed by atoms with Gasteiger partial charge in [0.2, 0.25) is 0 Å². The Hall–Kier alpha value is -0.530. The molecule has 2 unspecified atom stereocenters. The van der Waals surface area contributed by atoms with Gasteiger partial charge in [-0.1, -0.05) is 37.6 Å². The van der Waals surface area contributed by atoms with E-state index in [1.54, 1.807) is 0 Å². The molecule has 1 fully saturated rings. The Bertz CT molecular complexity index is 346. The molecule has 1 N–H and O–H groups in total. The Morgan fingerprint density at radius 1 is 1.38 bits per heavy atom. The van der Waals surface area contributed by atoms with Gasteiger partial charge in [0.1, 0.15) is 0 Å². The molecule has 1 aromatic carbocycles. The molecule has 1 aliphatic carbocycles. The fourth-order valence-electron chi connectivity index (χ4n) is 2.43. The van der Waals surface area contributed by atoms with Crippen LogP contribution in [0.2, 0.25) is 5.02 Å². The molecule has 0 saturated heterocycles. The Kier molecular flexibility index (Phi) is 3.56. The summed E-state index contributed by atoms with van der Waals surface area (Å²) in [5.74, 6) is 0.850. The number of rotatable bonds is 5. The number of halogens is 1. The van der Waals surface area contributed by atoms with Crippen LogP contribution in [0.3, 0.4) is 0 Å². The van der Waals surface area contributed by atoms with Crippen molar-refractivity contribution in [1.29, 1.82) is 0 Å². The fourth-order valence-corrected chi connectivity index (χ4v) is 2.55. The SMILES string of the molecule is CCNCC1CC1(C)Cc1ccc(Cl)cc1. The Morgan fingerprint density at radius 3 is 2.69 bits per heavy atom. The fraction of sp³-hybridized carbons (Fsp3) is 0.571. The van der Waals surface area contributed by atoms with Crippen LogP contribution in [0.1, 0.15) is 25.8 Å². The molecule has 2 heteroatoms. The number of hydrogen-bond donors (Lipinski definition) is 1. The molecular formula is C14H20ClN. The molecule has 0 amide bonds. The van der Waals surface area contributed by atoms with Crippen molar-refractivity contribution in [3.05, 3.63) is 34.9 Å². The minimum atomic E-state index is 0.510. The predicted molar refractivity (Wildman–Crippen MR) is 69.9 cm³/mol. The molecule has 0 heterocycles. The highest BCUT2D eigenvalue weighted by Crippen LogP contribution is 2.53. The highest BCUT2D eigenvalue weighted by Gasteiger charge is 2.48. The standard InChI is InChI=1S/C14H20ClN/c1-3-16-10-12-9-14(12,2)8-11-4-6-13(15)7-5-11/h4-7,12,16H,3,8-10H2,1-2H3. The van der Waals surface area contributed by atoms with E-state index >= 15 is 0 Å². The third-order valence-electron chi connectivity index (χ3n) is 3.70. The zero-order valence-corrected chi connectivity index (χ0v) is 10.8. The summed E-state index contributed by atoms with van der Waals surface area (Å²) in [7, 11) is 0. The van der Waals surface area contributed by atoms with Crippen molar-refractivity contribution in [2.45, 2.75) is 26.7 Å². The second-order valence-corrected chi connectivity index (χ2v) is 5.60. The van der Waals surface area contributed by atoms with Crippen LogP contribution >= 0.6 is 11.6 Å². The highest BCUT2D eigenvalue weighted by molar-refractivity contribution is 6.30. The van der Waals surface area contributed by atoms with E-state index in [0.717, 1.165) is 17.5 Å². The van der Waals surface area contributed by atoms with Gasteiger partial charge in [0.15, 0.2) is 0 Å². The third kappa shape index (κ3) is 2.78. The van der Waals surface area contributed by atoms with Crippen LogP contribution < -0.4 is 5.32 Å². The molecule has 16 heavy (non-hydrogen) atoms. The van der Waals surface area contributed by atoms with Gasteiger partial charge >= 0.3 is 0 Å². The summed E-state index contributed by atoms with van der Waals surface area (Å²) in [6, 6.07) is 8.27. The van der Waals surface area contributed by atoms with Crippen LogP contribution in [0.4, 0.5) is 0 Å². The van der Waals surface area contributed by atoms with E-state index in [-0.39, 0.29) is 0 Å². The van der Waals surface area contributed by atoms with Crippen LogP contribution in [0, 0.1) is 11.3 Å². The zero-order valence-electron chi connectivity index (χ0n) is 10.1. The first-order valence-corrected chi connectivity index (χ1v) is 6.47. The lowest BCUT2D eigenvalue weighted by molar-refractivity contribution is 0.480. The molecule has 2 atom stereocenters. The quantitative estimate of drug-likeness (QED) is 0.827. The van der Waals surface area contributed by atoms with Crippen LogP contribution in [0.5, 0.6) is 0 Å². The summed E-state index contributed by atoms with van der Waals surface area (Å²) in [6.45, 7) is 6.80. The second kappa shape index (κ2) is 4.77. The molecule has 1 aliphatic rings. The Morgan fingerprint density at radius 2 is 2.06 bits per heavy atom. The molecule has 0 bridgehead atoms. The molecule has 1 nitrogen and oxygen atoms in total. The summed E-state index contributed by atoms with van der Waals surface area (Å²) in [5.41, 5.74) is 1.92. The first-order valence-electron chi connectivity index (χ1n) is 6.09. The van der Waals surface area contributed by atoms with Gasteiger partial charge in [-0.15, -0.1) is 0 Å². The van der Waals surface area contributed by atoms with E-state index in [4.69, 9.17) is 11.6 Å². The van der Waals surface area contributed by atoms with E-state index in [1.165, 1.54) is 24.9 Å². The average molecular weight is 238 g/mol. The molecule has 0 aromatic heterocycles. The lowest BCUT2D eigenvalue weighted by atomic mass is 9.96. The van der Waals surface area contributed by atoms with E-state index in [2.05, 4.69) is 31.3 Å². The van der Waals surface area contributed by atoms with Crippen LogP contribution in [-0.2, 0) is 6.42 Å². The third-order valence-corrected chi connectivity index (χ3v) is 3.95. The summed E-state index contributed by atoms with van der Waals surface area (Å²) in [4.78, 5) is 0. The van der Waals surface area contributed by atoms with Gasteiger partial charge in [-0.05, 0) is 55.0 Å². The highest BCUT2D eigenvalue weighted by atomic mass is 35.5. The van der Waals surface area contributed by atoms with Crippen molar-refractivity contribution in [3.63, 3.8) is 0 Å². The molecule has 0 radical (unpaired) electrons. The summed E-state index contributed by atoms with van der Waals surface area (Å²) >= 11 is 5.89. The lowest BCUT2D eigenvalue weighted by Gasteiger charge is -2.11. The van der Waals surface area contributed by atoms with Crippen LogP contribution in [0.25, 0.3) is 0 Å². The molecular weight excluding hydrogens is 218 g/mol. The maximum Gasteiger partial charge on any atom is 0.0406 e. The number of nitrogens with one attached hydrogen (secondary N) is 1. The van der Waals surface area contributed by atoms with E-state index in [9.17, 15) is 0 Å². The summed E-state index contributed by atoms with van der Waals surface area (Å²) in [5, 5.41) is 4.27. The molecule has 88 valence electrons. The van der Waals surface area contributed by atoms with Crippen LogP contribution in [0.15, 0.2) is 24.3 Å². The van der Waals surface area contributed by atoms with E-state index < -0.39 is 0 Å². The topological polar surface area (TPSA) is 12.0 Å². The monoisotopic (exact) mass is 237 g/mol. The van der Waals surface area contributed by atoms with Crippen molar-refractivity contribution in [1.82, 2.24) is 5.32 Å². The normalized spacial score (nSPS) is 28.1. The Labute approximate surface area is 103 Å². The van der Waals surface area contributed by atoms with E-state index in [0.29, 0.717) is 5.41 Å². The van der Waals surface area contributed by atoms with Crippen molar-refractivity contribution < 1.29 is 0 Å². The van der Waals surface area contributed by atoms with Gasteiger partial charge in [0.25, 0.3) is 0 Å². The van der Waals surface area contributed by atoms with Crippen LogP contribution in [-0.4, -0.2) is 13.1 Å². The molecule has 0 spiro atoms. The molecule has 0 aliphatic heterocycles. The van der Waals surface area contributed by atoms with E-state index in [1.807, 2.05) is 12.1 Å². The van der Waals surface area contributed by atoms with Gasteiger partial charge in [0.05, 0.1) is 0 Å². The van der Waals surface area contributed by atoms with Crippen molar-refractivity contribution >= 4 is 11.6 Å². The predicted octanol–water partition coefficient (Wildman–Crippen LogP) is 3.52. The van der Waals surface area contributed by atoms with Gasteiger partial charge in [-0.3, -0.25) is 0 Å². The maximum absolute atomic E-state index is 5.89. The van der Waals surface area contributed by atoms with Gasteiger partial charge in [-0.25, -0.2) is 0 Å². The van der Waals surface area contributed by atoms with Gasteiger partial charge in [0, 0.05) is 5.02 Å². The Balaban J connectivity index is 1.89. The first-order chi connectivity index (χ1) is 7.64. The van der Waals surface area contributed by atoms with Crippen molar-refractivity contribution in [3.8, 4) is 0 Å². The zero-order chi connectivity index (χ0) is 11.6. The minimum Gasteiger partial charge on any atom is -0.317 e. The van der Waals surface area contributed by atoms with Crippen molar-refractivity contribution in [2.75, 3.05) is 13.1 Å². The summed E-state index contributed by atoms with van der Waals surface area (Å²) in [6.07, 6.45) is 2.53. The number of hydrogen-bond acceptors (Lipinski definition) is 1. The van der Waals surface area contributed by atoms with Gasteiger partial charge < -0.3 is 5.32 Å². The maximum atomic E-state index is 5.89. The summed E-state index contributed by atoms with van der Waals surface area (Å²) < 4.78 is 0. The van der Waals surface area contributed by atoms with Crippen molar-refractivity contribution in [2.24, 2.45) is 11.3 Å². The average Bonchev–Trinajstić information content (AvgIpc) is 2.90. The first kappa shape index (κ1) is 11.9. The second-order valence-electron chi connectivity index (χ2n) is 5.17. The smallest absolute Gasteiger partial charge is 0.0406 e. The van der Waals surface area contributed by atoms with Gasteiger partial charge in [-0.2, -0.15) is 0 Å². The molecule has 2 rings (SSSR count). The molecule has 1 saturated carbocycles. The molecule has 1 aromatic rings. The largest absolute Gasteiger partial charge is 0.317 e. The lowest BCUT2D eigenvalue weighted by Crippen LogP contribution is -2.19. The minimum absolute atomic E-state index is 0.510. The number of benzene rings is 1.